The Hall–Kier alpha value is -1.57. The van der Waals surface area contributed by atoms with Crippen molar-refractivity contribution in [2.45, 2.75) is 19.8 Å². The Morgan fingerprint density at radius 1 is 1.36 bits per heavy atom. The van der Waals surface area contributed by atoms with E-state index in [1.165, 1.54) is 12.5 Å². The fraction of sp³-hybridized carbons (Fsp3) is 0.250. The maximum atomic E-state index is 10.7. The number of hydrogen-bond donors (Lipinski definition) is 1. The first-order valence-electron chi connectivity index (χ1n) is 4.68. The lowest BCUT2D eigenvalue weighted by Gasteiger charge is -2.05. The summed E-state index contributed by atoms with van der Waals surface area (Å²) in [6.07, 6.45) is 1.71. The van der Waals surface area contributed by atoms with E-state index < -0.39 is 0 Å². The van der Waals surface area contributed by atoms with Crippen LogP contribution >= 0.6 is 0 Å². The van der Waals surface area contributed by atoms with Crippen molar-refractivity contribution in [3.8, 4) is 0 Å². The molecule has 74 valence electrons. The Kier molecular flexibility index (Phi) is 3.92. The standard InChI is InChI=1S/C12H15NO/c1-10(13-11(2)14)8-9-12-6-4-3-5-7-12/h3-7H,1,8-9H2,2H3,(H,13,14). The van der Waals surface area contributed by atoms with E-state index in [0.717, 1.165) is 18.5 Å². The van der Waals surface area contributed by atoms with Gasteiger partial charge < -0.3 is 5.32 Å². The number of nitrogens with one attached hydrogen (secondary N) is 1. The molecular weight excluding hydrogens is 174 g/mol. The van der Waals surface area contributed by atoms with Crippen molar-refractivity contribution in [3.05, 3.63) is 48.2 Å². The van der Waals surface area contributed by atoms with Crippen molar-refractivity contribution in [2.75, 3.05) is 0 Å². The Labute approximate surface area is 84.6 Å². The summed E-state index contributed by atoms with van der Waals surface area (Å²) in [4.78, 5) is 10.7. The van der Waals surface area contributed by atoms with Crippen LogP contribution in [0.15, 0.2) is 42.6 Å². The van der Waals surface area contributed by atoms with Crippen molar-refractivity contribution in [1.29, 1.82) is 0 Å². The summed E-state index contributed by atoms with van der Waals surface area (Å²) in [5, 5.41) is 2.68. The zero-order valence-electron chi connectivity index (χ0n) is 8.42. The van der Waals surface area contributed by atoms with Crippen LogP contribution < -0.4 is 5.32 Å². The zero-order valence-corrected chi connectivity index (χ0v) is 8.42. The monoisotopic (exact) mass is 189 g/mol. The van der Waals surface area contributed by atoms with E-state index in [9.17, 15) is 4.79 Å². The molecule has 1 rings (SSSR count). The normalized spacial score (nSPS) is 9.50. The van der Waals surface area contributed by atoms with Crippen LogP contribution in [0.1, 0.15) is 18.9 Å². The average molecular weight is 189 g/mol. The van der Waals surface area contributed by atoms with E-state index in [1.54, 1.807) is 0 Å². The van der Waals surface area contributed by atoms with Crippen LogP contribution in [0.5, 0.6) is 0 Å². The first kappa shape index (κ1) is 10.5. The fourth-order valence-corrected chi connectivity index (χ4v) is 1.25. The third-order valence-corrected chi connectivity index (χ3v) is 1.91. The predicted octanol–water partition coefficient (Wildman–Crippen LogP) is 2.27. The molecule has 1 aromatic carbocycles. The van der Waals surface area contributed by atoms with Crippen molar-refractivity contribution >= 4 is 5.91 Å². The molecule has 2 heteroatoms. The maximum absolute atomic E-state index is 10.7. The third-order valence-electron chi connectivity index (χ3n) is 1.91. The molecule has 0 aliphatic rings. The molecule has 0 aliphatic heterocycles. The van der Waals surface area contributed by atoms with Crippen LogP contribution in [-0.2, 0) is 11.2 Å². The van der Waals surface area contributed by atoms with Crippen LogP contribution in [0, 0.1) is 0 Å². The first-order chi connectivity index (χ1) is 6.68. The smallest absolute Gasteiger partial charge is 0.220 e. The summed E-state index contributed by atoms with van der Waals surface area (Å²) in [6, 6.07) is 10.2. The summed E-state index contributed by atoms with van der Waals surface area (Å²) in [5.74, 6) is -0.0527. The Bertz CT molecular complexity index is 316. The van der Waals surface area contributed by atoms with Gasteiger partial charge in [0.05, 0.1) is 0 Å². The van der Waals surface area contributed by atoms with E-state index in [1.807, 2.05) is 18.2 Å². The lowest BCUT2D eigenvalue weighted by Crippen LogP contribution is -2.18. The highest BCUT2D eigenvalue weighted by molar-refractivity contribution is 5.74. The third kappa shape index (κ3) is 3.90. The van der Waals surface area contributed by atoms with Crippen molar-refractivity contribution in [1.82, 2.24) is 5.32 Å². The van der Waals surface area contributed by atoms with Crippen LogP contribution in [-0.4, -0.2) is 5.91 Å². The highest BCUT2D eigenvalue weighted by Gasteiger charge is 1.97. The van der Waals surface area contributed by atoms with Gasteiger partial charge in [-0.05, 0) is 18.4 Å². The van der Waals surface area contributed by atoms with Gasteiger partial charge in [-0.1, -0.05) is 36.9 Å². The molecule has 0 spiro atoms. The second-order valence-electron chi connectivity index (χ2n) is 3.27. The van der Waals surface area contributed by atoms with Crippen molar-refractivity contribution in [2.24, 2.45) is 0 Å². The van der Waals surface area contributed by atoms with Gasteiger partial charge in [0.1, 0.15) is 0 Å². The Balaban J connectivity index is 2.34. The number of benzene rings is 1. The van der Waals surface area contributed by atoms with Gasteiger partial charge in [-0.15, -0.1) is 0 Å². The summed E-state index contributed by atoms with van der Waals surface area (Å²) < 4.78 is 0. The molecule has 0 saturated carbocycles. The molecule has 0 atom stereocenters. The fourth-order valence-electron chi connectivity index (χ4n) is 1.25. The molecule has 0 bridgehead atoms. The minimum absolute atomic E-state index is 0.0527. The van der Waals surface area contributed by atoms with Crippen LogP contribution in [0.4, 0.5) is 0 Å². The van der Waals surface area contributed by atoms with Crippen molar-refractivity contribution in [3.63, 3.8) is 0 Å². The van der Waals surface area contributed by atoms with Gasteiger partial charge in [0, 0.05) is 12.6 Å². The zero-order chi connectivity index (χ0) is 10.4. The van der Waals surface area contributed by atoms with Gasteiger partial charge in [0.2, 0.25) is 5.91 Å². The summed E-state index contributed by atoms with van der Waals surface area (Å²) in [6.45, 7) is 5.27. The molecule has 0 fully saturated rings. The molecule has 1 amide bonds. The Morgan fingerprint density at radius 2 is 2.00 bits per heavy atom. The largest absolute Gasteiger partial charge is 0.331 e. The lowest BCUT2D eigenvalue weighted by atomic mass is 10.1. The molecule has 2 nitrogen and oxygen atoms in total. The molecule has 0 saturated heterocycles. The number of amides is 1. The minimum atomic E-state index is -0.0527. The van der Waals surface area contributed by atoms with E-state index in [-0.39, 0.29) is 5.91 Å². The summed E-state index contributed by atoms with van der Waals surface area (Å²) >= 11 is 0. The lowest BCUT2D eigenvalue weighted by molar-refractivity contribution is -0.118. The van der Waals surface area contributed by atoms with Gasteiger partial charge in [0.25, 0.3) is 0 Å². The molecule has 1 N–H and O–H groups in total. The SMILES string of the molecule is C=C(CCc1ccccc1)NC(C)=O. The number of carbonyl (C=O) groups is 1. The Morgan fingerprint density at radius 3 is 2.57 bits per heavy atom. The topological polar surface area (TPSA) is 29.1 Å². The van der Waals surface area contributed by atoms with Gasteiger partial charge in [-0.3, -0.25) is 4.79 Å². The van der Waals surface area contributed by atoms with Crippen LogP contribution in [0.3, 0.4) is 0 Å². The number of allylic oxidation sites excluding steroid dienone is 1. The van der Waals surface area contributed by atoms with Crippen LogP contribution in [0.2, 0.25) is 0 Å². The minimum Gasteiger partial charge on any atom is -0.331 e. The number of rotatable bonds is 4. The number of hydrogen-bond acceptors (Lipinski definition) is 1. The van der Waals surface area contributed by atoms with Crippen molar-refractivity contribution < 1.29 is 4.79 Å². The molecule has 0 aliphatic carbocycles. The first-order valence-corrected chi connectivity index (χ1v) is 4.68. The van der Waals surface area contributed by atoms with Gasteiger partial charge in [0.15, 0.2) is 0 Å². The predicted molar refractivity (Wildman–Crippen MR) is 57.7 cm³/mol. The van der Waals surface area contributed by atoms with Gasteiger partial charge >= 0.3 is 0 Å². The highest BCUT2D eigenvalue weighted by atomic mass is 16.1. The molecule has 0 aromatic heterocycles. The molecule has 14 heavy (non-hydrogen) atoms. The van der Waals surface area contributed by atoms with Gasteiger partial charge in [-0.25, -0.2) is 0 Å². The molecule has 1 aromatic rings. The molecular formula is C12H15NO. The van der Waals surface area contributed by atoms with E-state index >= 15 is 0 Å². The van der Waals surface area contributed by atoms with E-state index in [2.05, 4.69) is 24.0 Å². The average Bonchev–Trinajstić information content (AvgIpc) is 2.15. The summed E-state index contributed by atoms with van der Waals surface area (Å²) in [7, 11) is 0. The van der Waals surface area contributed by atoms with Gasteiger partial charge in [-0.2, -0.15) is 0 Å². The highest BCUT2D eigenvalue weighted by Crippen LogP contribution is 2.05. The molecule has 0 heterocycles. The quantitative estimate of drug-likeness (QED) is 0.773. The summed E-state index contributed by atoms with van der Waals surface area (Å²) in [5.41, 5.74) is 2.04. The molecule has 0 radical (unpaired) electrons. The number of carbonyl (C=O) groups excluding carboxylic acids is 1. The van der Waals surface area contributed by atoms with E-state index in [4.69, 9.17) is 0 Å². The molecule has 0 unspecified atom stereocenters. The van der Waals surface area contributed by atoms with Crippen LogP contribution in [0.25, 0.3) is 0 Å². The van der Waals surface area contributed by atoms with E-state index in [0.29, 0.717) is 0 Å². The maximum Gasteiger partial charge on any atom is 0.220 e. The second-order valence-corrected chi connectivity index (χ2v) is 3.27. The number of aryl methyl sites for hydroxylation is 1. The second kappa shape index (κ2) is 5.22.